The van der Waals surface area contributed by atoms with Crippen molar-refractivity contribution in [2.75, 3.05) is 13.2 Å². The number of amides is 1. The van der Waals surface area contributed by atoms with Crippen LogP contribution in [0.4, 0.5) is 0 Å². The number of hydrogen-bond donors (Lipinski definition) is 3. The number of thiocarbonyl (C=S) groups is 1. The van der Waals surface area contributed by atoms with Crippen LogP contribution in [0.25, 0.3) is 0 Å². The van der Waals surface area contributed by atoms with E-state index in [-0.39, 0.29) is 12.5 Å². The fraction of sp³-hybridized carbons (Fsp3) is 0.273. The summed E-state index contributed by atoms with van der Waals surface area (Å²) in [5.41, 5.74) is 4.96. The highest BCUT2D eigenvalue weighted by Gasteiger charge is 2.06. The van der Waals surface area contributed by atoms with Crippen LogP contribution in [0.15, 0.2) is 22.7 Å². The van der Waals surface area contributed by atoms with E-state index in [9.17, 15) is 4.79 Å². The molecule has 0 unspecified atom stereocenters. The molecule has 1 aromatic carbocycles. The molecule has 19 heavy (non-hydrogen) atoms. The molecule has 0 heterocycles. The van der Waals surface area contributed by atoms with E-state index >= 15 is 0 Å². The molecule has 0 spiro atoms. The van der Waals surface area contributed by atoms with E-state index < -0.39 is 0 Å². The van der Waals surface area contributed by atoms with Crippen molar-refractivity contribution in [3.05, 3.63) is 27.7 Å². The van der Waals surface area contributed by atoms with E-state index in [0.29, 0.717) is 26.9 Å². The van der Waals surface area contributed by atoms with Crippen molar-refractivity contribution >= 4 is 50.8 Å². The molecule has 5 nitrogen and oxygen atoms in total. The molecule has 0 aliphatic carbocycles. The second kappa shape index (κ2) is 8.19. The molecule has 0 aliphatic heterocycles. The smallest absolute Gasteiger partial charge is 0.276 e. The van der Waals surface area contributed by atoms with Gasteiger partial charge < -0.3 is 10.1 Å². The molecule has 8 heteroatoms. The number of carbonyl (C=O) groups excluding carboxylic acids is 1. The molecular weight excluding hydrogens is 354 g/mol. The third kappa shape index (κ3) is 6.09. The summed E-state index contributed by atoms with van der Waals surface area (Å²) in [6, 6.07) is 5.04. The summed E-state index contributed by atoms with van der Waals surface area (Å²) in [5.74, 6) is 0.191. The van der Waals surface area contributed by atoms with Crippen LogP contribution in [-0.2, 0) is 4.79 Å². The van der Waals surface area contributed by atoms with Crippen LogP contribution in [0.1, 0.15) is 6.92 Å². The second-order valence-electron chi connectivity index (χ2n) is 3.40. The van der Waals surface area contributed by atoms with Gasteiger partial charge in [-0.3, -0.25) is 15.6 Å². The van der Waals surface area contributed by atoms with Crippen molar-refractivity contribution in [2.24, 2.45) is 0 Å². The largest absolute Gasteiger partial charge is 0.483 e. The molecule has 0 aliphatic rings. The quantitative estimate of drug-likeness (QED) is 0.562. The molecule has 1 aromatic rings. The number of ether oxygens (including phenoxy) is 1. The van der Waals surface area contributed by atoms with Crippen LogP contribution in [0.3, 0.4) is 0 Å². The lowest BCUT2D eigenvalue weighted by atomic mass is 10.3. The second-order valence-corrected chi connectivity index (χ2v) is 5.10. The Kier molecular flexibility index (Phi) is 6.90. The number of benzene rings is 1. The number of hydrogen-bond acceptors (Lipinski definition) is 3. The van der Waals surface area contributed by atoms with E-state index in [4.69, 9.17) is 28.6 Å². The first kappa shape index (κ1) is 16.0. The normalized spacial score (nSPS) is 9.63. The predicted octanol–water partition coefficient (Wildman–Crippen LogP) is 2.00. The Morgan fingerprint density at radius 1 is 1.47 bits per heavy atom. The Morgan fingerprint density at radius 2 is 2.21 bits per heavy atom. The topological polar surface area (TPSA) is 62.4 Å². The molecular formula is C11H13BrClN3O2S. The maximum absolute atomic E-state index is 11.5. The minimum absolute atomic E-state index is 0.137. The molecule has 0 fully saturated rings. The van der Waals surface area contributed by atoms with Gasteiger partial charge in [0.25, 0.3) is 5.91 Å². The van der Waals surface area contributed by atoms with Gasteiger partial charge in [-0.05, 0) is 53.3 Å². The number of carbonyl (C=O) groups is 1. The lowest BCUT2D eigenvalue weighted by molar-refractivity contribution is -0.123. The number of halogens is 2. The van der Waals surface area contributed by atoms with Crippen molar-refractivity contribution in [3.8, 4) is 5.75 Å². The van der Waals surface area contributed by atoms with E-state index in [1.165, 1.54) is 0 Å². The Morgan fingerprint density at radius 3 is 2.84 bits per heavy atom. The van der Waals surface area contributed by atoms with Gasteiger partial charge in [0, 0.05) is 11.6 Å². The van der Waals surface area contributed by atoms with Crippen molar-refractivity contribution in [1.29, 1.82) is 0 Å². The first-order chi connectivity index (χ1) is 9.02. The Labute approximate surface area is 130 Å². The van der Waals surface area contributed by atoms with Gasteiger partial charge >= 0.3 is 0 Å². The summed E-state index contributed by atoms with van der Waals surface area (Å²) in [7, 11) is 0. The zero-order chi connectivity index (χ0) is 14.3. The van der Waals surface area contributed by atoms with E-state index in [0.717, 1.165) is 0 Å². The summed E-state index contributed by atoms with van der Waals surface area (Å²) in [6.07, 6.45) is 0. The minimum Gasteiger partial charge on any atom is -0.483 e. The Hall–Kier alpha value is -1.05. The van der Waals surface area contributed by atoms with Gasteiger partial charge in [0.2, 0.25) is 0 Å². The molecule has 0 saturated carbocycles. The maximum Gasteiger partial charge on any atom is 0.276 e. The Balaban J connectivity index is 2.36. The van der Waals surface area contributed by atoms with Crippen LogP contribution in [0.2, 0.25) is 5.02 Å². The first-order valence-corrected chi connectivity index (χ1v) is 7.01. The summed E-state index contributed by atoms with van der Waals surface area (Å²) < 4.78 is 6.01. The van der Waals surface area contributed by atoms with Crippen LogP contribution >= 0.6 is 39.7 Å². The van der Waals surface area contributed by atoms with Gasteiger partial charge in [-0.15, -0.1) is 0 Å². The number of nitrogens with one attached hydrogen (secondary N) is 3. The fourth-order valence-corrected chi connectivity index (χ4v) is 2.10. The number of rotatable bonds is 4. The van der Waals surface area contributed by atoms with Gasteiger partial charge in [-0.25, -0.2) is 0 Å². The average molecular weight is 367 g/mol. The third-order valence-corrected chi connectivity index (χ3v) is 3.01. The minimum atomic E-state index is -0.345. The molecule has 1 rings (SSSR count). The summed E-state index contributed by atoms with van der Waals surface area (Å²) in [6.45, 7) is 2.44. The standard InChI is InChI=1S/C11H13BrClN3O2S/c1-2-14-11(19)16-15-10(17)6-18-9-4-3-7(13)5-8(9)12/h3-5H,2,6H2,1H3,(H,15,17)(H2,14,16,19). The summed E-state index contributed by atoms with van der Waals surface area (Å²) >= 11 is 14.0. The van der Waals surface area contributed by atoms with Gasteiger partial charge in [0.1, 0.15) is 5.75 Å². The third-order valence-electron chi connectivity index (χ3n) is 1.91. The molecule has 3 N–H and O–H groups in total. The van der Waals surface area contributed by atoms with Crippen LogP contribution in [0, 0.1) is 0 Å². The lowest BCUT2D eigenvalue weighted by Gasteiger charge is -2.11. The van der Waals surface area contributed by atoms with E-state index in [2.05, 4.69) is 32.1 Å². The van der Waals surface area contributed by atoms with Crippen molar-refractivity contribution in [1.82, 2.24) is 16.2 Å². The fourth-order valence-electron chi connectivity index (χ4n) is 1.10. The molecule has 0 aromatic heterocycles. The van der Waals surface area contributed by atoms with Gasteiger partial charge in [0.05, 0.1) is 4.47 Å². The highest BCUT2D eigenvalue weighted by Crippen LogP contribution is 2.27. The van der Waals surface area contributed by atoms with Crippen LogP contribution in [-0.4, -0.2) is 24.2 Å². The van der Waals surface area contributed by atoms with Crippen LogP contribution in [0.5, 0.6) is 5.75 Å². The molecule has 1 amide bonds. The SMILES string of the molecule is CCNC(=S)NNC(=O)COc1ccc(Cl)cc1Br. The molecule has 0 radical (unpaired) electrons. The molecule has 104 valence electrons. The monoisotopic (exact) mass is 365 g/mol. The van der Waals surface area contributed by atoms with Gasteiger partial charge in [-0.2, -0.15) is 0 Å². The average Bonchev–Trinajstić information content (AvgIpc) is 2.35. The molecule has 0 bridgehead atoms. The van der Waals surface area contributed by atoms with Gasteiger partial charge in [-0.1, -0.05) is 11.6 Å². The van der Waals surface area contributed by atoms with E-state index in [1.54, 1.807) is 18.2 Å². The van der Waals surface area contributed by atoms with Gasteiger partial charge in [0.15, 0.2) is 11.7 Å². The van der Waals surface area contributed by atoms with E-state index in [1.807, 2.05) is 6.92 Å². The lowest BCUT2D eigenvalue weighted by Crippen LogP contribution is -2.48. The Bertz CT molecular complexity index is 473. The van der Waals surface area contributed by atoms with Crippen molar-refractivity contribution < 1.29 is 9.53 Å². The zero-order valence-corrected chi connectivity index (χ0v) is 13.3. The molecule has 0 atom stereocenters. The van der Waals surface area contributed by atoms with Crippen molar-refractivity contribution in [3.63, 3.8) is 0 Å². The zero-order valence-electron chi connectivity index (χ0n) is 10.1. The highest BCUT2D eigenvalue weighted by molar-refractivity contribution is 9.10. The van der Waals surface area contributed by atoms with Crippen molar-refractivity contribution in [2.45, 2.75) is 6.92 Å². The molecule has 0 saturated heterocycles. The summed E-state index contributed by atoms with van der Waals surface area (Å²) in [5, 5.41) is 3.77. The first-order valence-electron chi connectivity index (χ1n) is 5.43. The number of hydrazine groups is 1. The highest BCUT2D eigenvalue weighted by atomic mass is 79.9. The predicted molar refractivity (Wildman–Crippen MR) is 82.2 cm³/mol. The van der Waals surface area contributed by atoms with Crippen LogP contribution < -0.4 is 20.9 Å². The summed E-state index contributed by atoms with van der Waals surface area (Å²) in [4.78, 5) is 11.5. The maximum atomic E-state index is 11.5.